The molecule has 0 radical (unpaired) electrons. The van der Waals surface area contributed by atoms with Crippen LogP contribution in [-0.4, -0.2) is 10.5 Å². The summed E-state index contributed by atoms with van der Waals surface area (Å²) >= 11 is 10.0. The molecule has 0 bridgehead atoms. The van der Waals surface area contributed by atoms with Crippen LogP contribution in [0, 0.1) is 5.41 Å². The summed E-state index contributed by atoms with van der Waals surface area (Å²) in [6.45, 7) is 6.02. The van der Waals surface area contributed by atoms with Crippen LogP contribution in [-0.2, 0) is 0 Å². The number of nitrogens with two attached hydrogens (primary N) is 1. The molecule has 2 N–H and O–H groups in total. The molecule has 0 spiro atoms. The second-order valence-electron chi connectivity index (χ2n) is 3.86. The van der Waals surface area contributed by atoms with Crippen molar-refractivity contribution >= 4 is 24.2 Å². The standard InChI is InChI=1S/C7H13ClN4S/c1-7(2,3)4-5(8)10-11-6(13)12(4)9/h6,13H,9H2,1-3H3. The van der Waals surface area contributed by atoms with E-state index in [1.54, 1.807) is 0 Å². The third-order valence-corrected chi connectivity index (χ3v) is 2.27. The van der Waals surface area contributed by atoms with Gasteiger partial charge in [0, 0.05) is 5.41 Å². The molecule has 1 aliphatic heterocycles. The van der Waals surface area contributed by atoms with Crippen LogP contribution in [0.2, 0.25) is 0 Å². The largest absolute Gasteiger partial charge is 0.276 e. The van der Waals surface area contributed by atoms with Crippen molar-refractivity contribution < 1.29 is 0 Å². The summed E-state index contributed by atoms with van der Waals surface area (Å²) in [7, 11) is 0. The minimum atomic E-state index is -0.447. The number of thiol groups is 1. The van der Waals surface area contributed by atoms with E-state index in [-0.39, 0.29) is 5.41 Å². The lowest BCUT2D eigenvalue weighted by atomic mass is 9.92. The van der Waals surface area contributed by atoms with Crippen LogP contribution in [0.5, 0.6) is 0 Å². The Morgan fingerprint density at radius 1 is 1.54 bits per heavy atom. The molecule has 1 rings (SSSR count). The third-order valence-electron chi connectivity index (χ3n) is 1.66. The van der Waals surface area contributed by atoms with E-state index < -0.39 is 5.50 Å². The van der Waals surface area contributed by atoms with Gasteiger partial charge in [-0.15, -0.1) is 22.9 Å². The summed E-state index contributed by atoms with van der Waals surface area (Å²) in [6.07, 6.45) is 0. The first kappa shape index (κ1) is 10.8. The van der Waals surface area contributed by atoms with Gasteiger partial charge in [-0.3, -0.25) is 5.01 Å². The van der Waals surface area contributed by atoms with E-state index in [9.17, 15) is 0 Å². The van der Waals surface area contributed by atoms with E-state index in [1.165, 1.54) is 5.01 Å². The van der Waals surface area contributed by atoms with Crippen molar-refractivity contribution in [1.82, 2.24) is 5.01 Å². The lowest BCUT2D eigenvalue weighted by molar-refractivity contribution is 0.247. The normalized spacial score (nSPS) is 24.2. The summed E-state index contributed by atoms with van der Waals surface area (Å²) in [5.41, 5.74) is 0.146. The van der Waals surface area contributed by atoms with Crippen LogP contribution >= 0.6 is 24.2 Å². The van der Waals surface area contributed by atoms with Gasteiger partial charge in [-0.2, -0.15) is 0 Å². The summed E-state index contributed by atoms with van der Waals surface area (Å²) < 4.78 is 0. The topological polar surface area (TPSA) is 54.0 Å². The molecule has 1 unspecified atom stereocenters. The van der Waals surface area contributed by atoms with Crippen molar-refractivity contribution in [3.05, 3.63) is 10.9 Å². The lowest BCUT2D eigenvalue weighted by Gasteiger charge is -2.34. The van der Waals surface area contributed by atoms with Crippen molar-refractivity contribution in [3.8, 4) is 0 Å². The smallest absolute Gasteiger partial charge is 0.199 e. The molecule has 0 aromatic rings. The Bertz CT molecular complexity index is 268. The fraction of sp³-hybridized carbons (Fsp3) is 0.714. The van der Waals surface area contributed by atoms with Gasteiger partial charge in [0.25, 0.3) is 0 Å². The summed E-state index contributed by atoms with van der Waals surface area (Å²) in [5, 5.41) is 9.30. The highest BCUT2D eigenvalue weighted by molar-refractivity contribution is 7.80. The molecule has 0 saturated carbocycles. The second kappa shape index (κ2) is 3.48. The molecular formula is C7H13ClN4S. The molecule has 0 amide bonds. The average molecular weight is 221 g/mol. The van der Waals surface area contributed by atoms with Crippen molar-refractivity contribution in [2.75, 3.05) is 0 Å². The number of rotatable bonds is 0. The first-order valence-electron chi connectivity index (χ1n) is 3.87. The van der Waals surface area contributed by atoms with Gasteiger partial charge in [0.05, 0.1) is 5.70 Å². The number of halogens is 1. The van der Waals surface area contributed by atoms with Crippen LogP contribution in [0.1, 0.15) is 20.8 Å². The maximum Gasteiger partial charge on any atom is 0.199 e. The van der Waals surface area contributed by atoms with Crippen molar-refractivity contribution in [2.24, 2.45) is 21.5 Å². The molecule has 1 heterocycles. The molecule has 74 valence electrons. The van der Waals surface area contributed by atoms with Crippen LogP contribution in [0.25, 0.3) is 0 Å². The van der Waals surface area contributed by atoms with Gasteiger partial charge in [0.2, 0.25) is 0 Å². The zero-order chi connectivity index (χ0) is 10.2. The Kier molecular flexibility index (Phi) is 2.89. The summed E-state index contributed by atoms with van der Waals surface area (Å²) in [4.78, 5) is 0. The predicted octanol–water partition coefficient (Wildman–Crippen LogP) is 2.30. The predicted molar refractivity (Wildman–Crippen MR) is 56.0 cm³/mol. The molecule has 13 heavy (non-hydrogen) atoms. The van der Waals surface area contributed by atoms with Gasteiger partial charge in [0.15, 0.2) is 10.7 Å². The number of hydrazine groups is 1. The van der Waals surface area contributed by atoms with E-state index in [0.717, 1.165) is 5.70 Å². The lowest BCUT2D eigenvalue weighted by Crippen LogP contribution is -2.42. The van der Waals surface area contributed by atoms with Gasteiger partial charge in [0.1, 0.15) is 0 Å². The average Bonchev–Trinajstić information content (AvgIpc) is 1.95. The summed E-state index contributed by atoms with van der Waals surface area (Å²) in [5.74, 6) is 5.76. The van der Waals surface area contributed by atoms with E-state index in [1.807, 2.05) is 20.8 Å². The summed E-state index contributed by atoms with van der Waals surface area (Å²) in [6, 6.07) is 0. The highest BCUT2D eigenvalue weighted by Gasteiger charge is 2.30. The zero-order valence-corrected chi connectivity index (χ0v) is 9.47. The van der Waals surface area contributed by atoms with Crippen LogP contribution in [0.15, 0.2) is 21.1 Å². The van der Waals surface area contributed by atoms with E-state index in [0.29, 0.717) is 5.16 Å². The number of hydrogen-bond donors (Lipinski definition) is 2. The molecule has 0 saturated heterocycles. The molecule has 0 aliphatic carbocycles. The Labute approximate surface area is 88.2 Å². The molecule has 1 aliphatic rings. The second-order valence-corrected chi connectivity index (χ2v) is 4.68. The number of allylic oxidation sites excluding steroid dienone is 1. The van der Waals surface area contributed by atoms with Gasteiger partial charge in [-0.05, 0) is 0 Å². The number of azo groups is 1. The van der Waals surface area contributed by atoms with Crippen LogP contribution in [0.4, 0.5) is 0 Å². The molecule has 6 heteroatoms. The number of hydrogen-bond acceptors (Lipinski definition) is 5. The van der Waals surface area contributed by atoms with Crippen molar-refractivity contribution in [1.29, 1.82) is 0 Å². The van der Waals surface area contributed by atoms with Gasteiger partial charge < -0.3 is 0 Å². The third kappa shape index (κ3) is 2.15. The molecule has 0 aromatic heterocycles. The fourth-order valence-corrected chi connectivity index (χ4v) is 1.72. The Morgan fingerprint density at radius 2 is 2.08 bits per heavy atom. The fourth-order valence-electron chi connectivity index (χ4n) is 1.12. The first-order valence-corrected chi connectivity index (χ1v) is 4.76. The Morgan fingerprint density at radius 3 is 2.46 bits per heavy atom. The first-order chi connectivity index (χ1) is 5.84. The molecular weight excluding hydrogens is 208 g/mol. The quantitative estimate of drug-likeness (QED) is 0.374. The molecule has 0 fully saturated rings. The minimum Gasteiger partial charge on any atom is -0.276 e. The van der Waals surface area contributed by atoms with Crippen LogP contribution in [0.3, 0.4) is 0 Å². The molecule has 0 aromatic carbocycles. The van der Waals surface area contributed by atoms with E-state index in [2.05, 4.69) is 22.9 Å². The zero-order valence-electron chi connectivity index (χ0n) is 7.82. The molecule has 1 atom stereocenters. The maximum atomic E-state index is 5.89. The van der Waals surface area contributed by atoms with Gasteiger partial charge >= 0.3 is 0 Å². The van der Waals surface area contributed by atoms with Gasteiger partial charge in [-0.25, -0.2) is 5.84 Å². The Balaban J connectivity index is 3.10. The highest BCUT2D eigenvalue weighted by atomic mass is 35.5. The van der Waals surface area contributed by atoms with Crippen LogP contribution < -0.4 is 5.84 Å². The van der Waals surface area contributed by atoms with E-state index >= 15 is 0 Å². The monoisotopic (exact) mass is 220 g/mol. The minimum absolute atomic E-state index is 0.160. The van der Waals surface area contributed by atoms with E-state index in [4.69, 9.17) is 17.4 Å². The maximum absolute atomic E-state index is 5.89. The highest BCUT2D eigenvalue weighted by Crippen LogP contribution is 2.35. The Hall–Kier alpha value is -0.260. The molecule has 4 nitrogen and oxygen atoms in total. The van der Waals surface area contributed by atoms with Crippen molar-refractivity contribution in [2.45, 2.75) is 26.3 Å². The van der Waals surface area contributed by atoms with Gasteiger partial charge in [-0.1, -0.05) is 32.4 Å². The SMILES string of the molecule is CC(C)(C)C1=C(Cl)N=NC(S)N1N. The van der Waals surface area contributed by atoms with Crippen molar-refractivity contribution in [3.63, 3.8) is 0 Å². The number of nitrogens with zero attached hydrogens (tertiary/aromatic N) is 3.